The number of anilines is 1. The van der Waals surface area contributed by atoms with Gasteiger partial charge in [-0.15, -0.1) is 0 Å². The maximum absolute atomic E-state index is 13.3. The van der Waals surface area contributed by atoms with Crippen LogP contribution in [-0.2, 0) is 11.3 Å². The molecule has 0 saturated heterocycles. The summed E-state index contributed by atoms with van der Waals surface area (Å²) in [5.74, 6) is 1.65. The second-order valence-corrected chi connectivity index (χ2v) is 8.01. The van der Waals surface area contributed by atoms with E-state index in [1.165, 1.54) is 0 Å². The van der Waals surface area contributed by atoms with Crippen molar-refractivity contribution < 1.29 is 19.0 Å². The molecule has 0 spiro atoms. The van der Waals surface area contributed by atoms with Crippen LogP contribution in [0.25, 0.3) is 0 Å². The van der Waals surface area contributed by atoms with E-state index in [2.05, 4.69) is 10.6 Å². The number of carbonyl (C=O) groups is 1. The van der Waals surface area contributed by atoms with Crippen molar-refractivity contribution in [3.63, 3.8) is 0 Å². The minimum absolute atomic E-state index is 0.186. The highest BCUT2D eigenvalue weighted by molar-refractivity contribution is 6.32. The van der Waals surface area contributed by atoms with Gasteiger partial charge < -0.3 is 19.5 Å². The highest BCUT2D eigenvalue weighted by Gasteiger charge is 2.22. The van der Waals surface area contributed by atoms with Crippen molar-refractivity contribution in [3.8, 4) is 17.2 Å². The van der Waals surface area contributed by atoms with E-state index < -0.39 is 6.04 Å². The summed E-state index contributed by atoms with van der Waals surface area (Å²) in [6.45, 7) is 3.99. The molecule has 3 aromatic carbocycles. The van der Waals surface area contributed by atoms with E-state index in [0.717, 1.165) is 17.5 Å². The van der Waals surface area contributed by atoms with Gasteiger partial charge in [-0.25, -0.2) is 0 Å². The number of para-hydroxylation sites is 2. The molecule has 1 heterocycles. The molecule has 2 N–H and O–H groups in total. The number of carbonyl (C=O) groups excluding carboxylic acids is 1. The number of amides is 1. The van der Waals surface area contributed by atoms with Crippen molar-refractivity contribution in [2.24, 2.45) is 0 Å². The lowest BCUT2D eigenvalue weighted by molar-refractivity contribution is -0.118. The monoisotopic (exact) mass is 466 g/mol. The van der Waals surface area contributed by atoms with Crippen LogP contribution in [0.5, 0.6) is 17.2 Å². The molecule has 1 atom stereocenters. The summed E-state index contributed by atoms with van der Waals surface area (Å²) in [6.07, 6.45) is 0.804. The molecular formula is C26H27ClN2O4. The Morgan fingerprint density at radius 2 is 1.82 bits per heavy atom. The Morgan fingerprint density at radius 1 is 1.06 bits per heavy atom. The van der Waals surface area contributed by atoms with E-state index in [0.29, 0.717) is 54.3 Å². The molecule has 0 aliphatic carbocycles. The quantitative estimate of drug-likeness (QED) is 0.467. The number of hydrogen-bond donors (Lipinski definition) is 2. The summed E-state index contributed by atoms with van der Waals surface area (Å²) in [5, 5.41) is 6.87. The van der Waals surface area contributed by atoms with Crippen molar-refractivity contribution in [2.75, 3.05) is 25.1 Å². The zero-order valence-corrected chi connectivity index (χ0v) is 19.2. The molecule has 3 aromatic rings. The third-order valence-electron chi connectivity index (χ3n) is 5.21. The Hall–Kier alpha value is -3.22. The Balaban J connectivity index is 1.54. The second kappa shape index (κ2) is 11.1. The van der Waals surface area contributed by atoms with Gasteiger partial charge >= 0.3 is 0 Å². The summed E-state index contributed by atoms with van der Waals surface area (Å²) in [7, 11) is 0. The Bertz CT molecular complexity index is 1090. The van der Waals surface area contributed by atoms with E-state index in [1.807, 2.05) is 73.7 Å². The fourth-order valence-corrected chi connectivity index (χ4v) is 3.96. The van der Waals surface area contributed by atoms with Gasteiger partial charge in [-0.3, -0.25) is 10.1 Å². The minimum atomic E-state index is -0.587. The predicted molar refractivity (Wildman–Crippen MR) is 129 cm³/mol. The van der Waals surface area contributed by atoms with Gasteiger partial charge in [-0.05, 0) is 42.3 Å². The molecule has 0 aromatic heterocycles. The number of halogens is 1. The highest BCUT2D eigenvalue weighted by atomic mass is 35.5. The second-order valence-electron chi connectivity index (χ2n) is 7.60. The molecule has 4 rings (SSSR count). The van der Waals surface area contributed by atoms with Gasteiger partial charge in [0.1, 0.15) is 11.8 Å². The molecule has 0 unspecified atom stereocenters. The van der Waals surface area contributed by atoms with Gasteiger partial charge in [0, 0.05) is 13.0 Å². The first-order valence-corrected chi connectivity index (χ1v) is 11.4. The summed E-state index contributed by atoms with van der Waals surface area (Å²) >= 11 is 6.44. The minimum Gasteiger partial charge on any atom is -0.492 e. The van der Waals surface area contributed by atoms with Crippen LogP contribution in [-0.4, -0.2) is 25.7 Å². The fraction of sp³-hybridized carbons (Fsp3) is 0.269. The molecule has 0 radical (unpaired) electrons. The van der Waals surface area contributed by atoms with E-state index >= 15 is 0 Å². The topological polar surface area (TPSA) is 68.8 Å². The van der Waals surface area contributed by atoms with Crippen molar-refractivity contribution in [1.82, 2.24) is 5.32 Å². The van der Waals surface area contributed by atoms with Crippen LogP contribution >= 0.6 is 11.6 Å². The molecule has 172 valence electrons. The third kappa shape index (κ3) is 5.78. The van der Waals surface area contributed by atoms with Crippen molar-refractivity contribution in [3.05, 3.63) is 82.9 Å². The van der Waals surface area contributed by atoms with Crippen LogP contribution in [0.4, 0.5) is 5.69 Å². The van der Waals surface area contributed by atoms with Crippen molar-refractivity contribution in [1.29, 1.82) is 0 Å². The smallest absolute Gasteiger partial charge is 0.246 e. The van der Waals surface area contributed by atoms with E-state index in [1.54, 1.807) is 0 Å². The first kappa shape index (κ1) is 23.0. The maximum atomic E-state index is 13.3. The molecule has 0 bridgehead atoms. The van der Waals surface area contributed by atoms with E-state index in [4.69, 9.17) is 25.8 Å². The SMILES string of the molecule is CCOc1ccccc1NC(=O)[C@H](NCc1cc(Cl)c2c(c1)OCCCO2)c1ccccc1. The Morgan fingerprint density at radius 3 is 2.64 bits per heavy atom. The average molecular weight is 467 g/mol. The lowest BCUT2D eigenvalue weighted by Gasteiger charge is -2.20. The van der Waals surface area contributed by atoms with E-state index in [9.17, 15) is 4.79 Å². The molecule has 0 fully saturated rings. The standard InChI is InChI=1S/C26H27ClN2O4/c1-2-31-22-12-7-6-11-21(22)29-26(30)24(19-9-4-3-5-10-19)28-17-18-15-20(27)25-23(16-18)32-13-8-14-33-25/h3-7,9-12,15-16,24,28H,2,8,13-14,17H2,1H3,(H,29,30)/t24-/m1/s1. The van der Waals surface area contributed by atoms with Gasteiger partial charge in [0.25, 0.3) is 0 Å². The van der Waals surface area contributed by atoms with E-state index in [-0.39, 0.29) is 5.91 Å². The Labute approximate surface area is 198 Å². The molecule has 0 saturated carbocycles. The van der Waals surface area contributed by atoms with Gasteiger partial charge in [-0.2, -0.15) is 0 Å². The first-order chi connectivity index (χ1) is 16.2. The predicted octanol–water partition coefficient (Wildman–Crippen LogP) is 5.37. The lowest BCUT2D eigenvalue weighted by atomic mass is 10.1. The number of rotatable bonds is 8. The summed E-state index contributed by atoms with van der Waals surface area (Å²) < 4.78 is 17.2. The molecule has 1 aliphatic heterocycles. The van der Waals surface area contributed by atoms with Gasteiger partial charge in [-0.1, -0.05) is 54.1 Å². The number of hydrogen-bond acceptors (Lipinski definition) is 5. The van der Waals surface area contributed by atoms with Crippen LogP contribution in [0, 0.1) is 0 Å². The van der Waals surface area contributed by atoms with Crippen LogP contribution in [0.1, 0.15) is 30.5 Å². The average Bonchev–Trinajstić information content (AvgIpc) is 3.07. The third-order valence-corrected chi connectivity index (χ3v) is 5.49. The van der Waals surface area contributed by atoms with Gasteiger partial charge in [0.05, 0.1) is 30.5 Å². The number of nitrogens with one attached hydrogen (secondary N) is 2. The van der Waals surface area contributed by atoms with Crippen molar-refractivity contribution >= 4 is 23.2 Å². The van der Waals surface area contributed by atoms with Crippen LogP contribution < -0.4 is 24.8 Å². The number of ether oxygens (including phenoxy) is 3. The summed E-state index contributed by atoms with van der Waals surface area (Å²) in [5.41, 5.74) is 2.38. The van der Waals surface area contributed by atoms with Crippen LogP contribution in [0.3, 0.4) is 0 Å². The largest absolute Gasteiger partial charge is 0.492 e. The number of benzene rings is 3. The molecule has 6 nitrogen and oxygen atoms in total. The Kier molecular flexibility index (Phi) is 7.70. The van der Waals surface area contributed by atoms with Gasteiger partial charge in [0.15, 0.2) is 11.5 Å². The molecule has 1 amide bonds. The first-order valence-electron chi connectivity index (χ1n) is 11.0. The zero-order valence-electron chi connectivity index (χ0n) is 18.5. The zero-order chi connectivity index (χ0) is 23.0. The van der Waals surface area contributed by atoms with Crippen LogP contribution in [0.2, 0.25) is 5.02 Å². The van der Waals surface area contributed by atoms with Gasteiger partial charge in [0.2, 0.25) is 5.91 Å². The summed E-state index contributed by atoms with van der Waals surface area (Å²) in [6, 6.07) is 20.2. The normalized spacial score (nSPS) is 13.6. The summed E-state index contributed by atoms with van der Waals surface area (Å²) in [4.78, 5) is 13.3. The lowest BCUT2D eigenvalue weighted by Crippen LogP contribution is -2.33. The van der Waals surface area contributed by atoms with Crippen molar-refractivity contribution in [2.45, 2.75) is 25.9 Å². The highest BCUT2D eigenvalue weighted by Crippen LogP contribution is 2.38. The molecular weight excluding hydrogens is 440 g/mol. The molecule has 1 aliphatic rings. The number of fused-ring (bicyclic) bond motifs is 1. The molecule has 7 heteroatoms. The molecule has 33 heavy (non-hydrogen) atoms. The fourth-order valence-electron chi connectivity index (χ4n) is 3.67. The maximum Gasteiger partial charge on any atom is 0.246 e. The van der Waals surface area contributed by atoms with Crippen LogP contribution in [0.15, 0.2) is 66.7 Å².